The number of phosphoric acid groups is 1. The maximum Gasteiger partial charge on any atom is 1.00 e. The van der Waals surface area contributed by atoms with Crippen molar-refractivity contribution in [3.8, 4) is 0 Å². The first-order valence-electron chi connectivity index (χ1n) is 2.66. The van der Waals surface area contributed by atoms with Crippen LogP contribution in [0.4, 0.5) is 0 Å². The van der Waals surface area contributed by atoms with Gasteiger partial charge < -0.3 is 15.9 Å². The smallest absolute Gasteiger partial charge is 0.432 e. The summed E-state index contributed by atoms with van der Waals surface area (Å²) in [6.45, 7) is -0.270. The Kier molecular flexibility index (Phi) is 5.27. The zero-order valence-electron chi connectivity index (χ0n) is 6.41. The number of hydrogen-bond donors (Lipinski definition) is 2. The summed E-state index contributed by atoms with van der Waals surface area (Å²) < 4.78 is 15.5. The van der Waals surface area contributed by atoms with Gasteiger partial charge in [-0.05, 0) is 0 Å². The van der Waals surface area contributed by atoms with E-state index in [2.05, 4.69) is 15.7 Å². The Hall–Kier alpha value is 0.320. The zero-order chi connectivity index (χ0) is 8.32. The third-order valence-corrected chi connectivity index (χ3v) is 1.31. The first kappa shape index (κ1) is 12.3. The number of nitrogens with zero attached hydrogens (tertiary/aromatic N) is 2. The fourth-order valence-electron chi connectivity index (χ4n) is 0.465. The van der Waals surface area contributed by atoms with Crippen molar-refractivity contribution in [2.45, 2.75) is 6.73 Å². The molecule has 2 N–H and O–H groups in total. The fraction of sp³-hybridized carbons (Fsp3) is 0.250. The van der Waals surface area contributed by atoms with Crippen molar-refractivity contribution in [3.05, 3.63) is 18.5 Å². The molecule has 0 amide bonds. The number of phosphoric ester groups is 1. The van der Waals surface area contributed by atoms with Gasteiger partial charge in [0.15, 0.2) is 0 Å². The van der Waals surface area contributed by atoms with E-state index in [1.807, 2.05) is 0 Å². The van der Waals surface area contributed by atoms with E-state index in [9.17, 15) is 4.57 Å². The molecule has 0 aliphatic rings. The summed E-state index contributed by atoms with van der Waals surface area (Å²) in [5, 5.41) is 3.61. The number of rotatable bonds is 3. The van der Waals surface area contributed by atoms with Crippen molar-refractivity contribution in [2.24, 2.45) is 0 Å². The van der Waals surface area contributed by atoms with Crippen molar-refractivity contribution in [2.75, 3.05) is 0 Å². The van der Waals surface area contributed by atoms with E-state index < -0.39 is 7.82 Å². The Morgan fingerprint density at radius 1 is 1.67 bits per heavy atom. The summed E-state index contributed by atoms with van der Waals surface area (Å²) in [4.78, 5) is 16.5. The number of hydrogen-bond acceptors (Lipinski definition) is 3. The normalized spacial score (nSPS) is 10.8. The Bertz CT molecular complexity index is 258. The molecule has 0 spiro atoms. The van der Waals surface area contributed by atoms with Crippen LogP contribution in [0.25, 0.3) is 0 Å². The van der Waals surface area contributed by atoms with Gasteiger partial charge in [0.2, 0.25) is 0 Å². The minimum atomic E-state index is -4.38. The Morgan fingerprint density at radius 3 is 2.75 bits per heavy atom. The quantitative estimate of drug-likeness (QED) is 0.304. The van der Waals surface area contributed by atoms with Gasteiger partial charge in [0.25, 0.3) is 0 Å². The minimum Gasteiger partial charge on any atom is -0.432 e. The molecule has 0 aromatic carbocycles. The Balaban J connectivity index is 0.00000121. The van der Waals surface area contributed by atoms with Crippen LogP contribution in [0.1, 0.15) is 0 Å². The largest absolute Gasteiger partial charge is 1.00 e. The maximum atomic E-state index is 10.1. The molecule has 1 aromatic rings. The molecular weight excluding hydrogens is 194 g/mol. The summed E-state index contributed by atoms with van der Waals surface area (Å²) in [6.07, 6.45) is 2.78. The van der Waals surface area contributed by atoms with Crippen molar-refractivity contribution in [3.63, 3.8) is 0 Å². The standard InChI is InChI=1S/C4H6N2O4P.Na/c7-11(8,9)10-4-6-3-1-2-5-6;/h2-3H,4H2,(H2,7,8,9);/q-1;+1. The van der Waals surface area contributed by atoms with Crippen LogP contribution in [0.5, 0.6) is 0 Å². The fourth-order valence-corrected chi connectivity index (χ4v) is 0.734. The topological polar surface area (TPSA) is 84.6 Å². The molecule has 0 saturated carbocycles. The van der Waals surface area contributed by atoms with Gasteiger partial charge in [-0.3, -0.25) is 9.21 Å². The third kappa shape index (κ3) is 5.05. The molecule has 1 rings (SSSR count). The molecule has 62 valence electrons. The van der Waals surface area contributed by atoms with Gasteiger partial charge in [-0.15, -0.1) is 6.20 Å². The predicted octanol–water partition coefficient (Wildman–Crippen LogP) is -3.25. The van der Waals surface area contributed by atoms with E-state index in [-0.39, 0.29) is 36.3 Å². The first-order valence-corrected chi connectivity index (χ1v) is 4.19. The molecule has 0 aliphatic carbocycles. The van der Waals surface area contributed by atoms with Crippen LogP contribution in [0.15, 0.2) is 12.4 Å². The van der Waals surface area contributed by atoms with E-state index in [0.717, 1.165) is 0 Å². The molecule has 6 nitrogen and oxygen atoms in total. The van der Waals surface area contributed by atoms with Gasteiger partial charge in [0.1, 0.15) is 6.73 Å². The van der Waals surface area contributed by atoms with Gasteiger partial charge in [0.05, 0.1) is 0 Å². The second kappa shape index (κ2) is 5.14. The minimum absolute atomic E-state index is 0. The molecular formula is C4H6N2NaO4P. The third-order valence-electron chi connectivity index (χ3n) is 0.862. The van der Waals surface area contributed by atoms with Crippen LogP contribution < -0.4 is 29.6 Å². The van der Waals surface area contributed by atoms with E-state index in [1.54, 1.807) is 0 Å². The molecule has 0 radical (unpaired) electrons. The van der Waals surface area contributed by atoms with Gasteiger partial charge in [-0.25, -0.2) is 9.66 Å². The molecule has 1 heterocycles. The van der Waals surface area contributed by atoms with Crippen LogP contribution in [0.2, 0.25) is 0 Å². The van der Waals surface area contributed by atoms with Crippen molar-refractivity contribution >= 4 is 7.82 Å². The first-order chi connectivity index (χ1) is 5.08. The van der Waals surface area contributed by atoms with E-state index in [4.69, 9.17) is 9.79 Å². The molecule has 0 unspecified atom stereocenters. The van der Waals surface area contributed by atoms with E-state index in [1.165, 1.54) is 17.1 Å². The van der Waals surface area contributed by atoms with Crippen LogP contribution in [0.3, 0.4) is 0 Å². The summed E-state index contributed by atoms with van der Waals surface area (Å²) in [5.74, 6) is 0. The van der Waals surface area contributed by atoms with Crippen LogP contribution in [0, 0.1) is 6.07 Å². The van der Waals surface area contributed by atoms with Gasteiger partial charge >= 0.3 is 37.4 Å². The molecule has 0 atom stereocenters. The van der Waals surface area contributed by atoms with Gasteiger partial charge in [-0.2, -0.15) is 6.20 Å². The molecule has 0 fully saturated rings. The summed E-state index contributed by atoms with van der Waals surface area (Å²) in [5.41, 5.74) is 0. The van der Waals surface area contributed by atoms with Crippen LogP contribution >= 0.6 is 7.82 Å². The maximum absolute atomic E-state index is 10.1. The molecule has 12 heavy (non-hydrogen) atoms. The Morgan fingerprint density at radius 2 is 2.33 bits per heavy atom. The summed E-state index contributed by atoms with van der Waals surface area (Å²) >= 11 is 0. The van der Waals surface area contributed by atoms with Crippen molar-refractivity contribution in [1.29, 1.82) is 0 Å². The van der Waals surface area contributed by atoms with Gasteiger partial charge in [-0.1, -0.05) is 0 Å². The second-order valence-electron chi connectivity index (χ2n) is 1.73. The SMILES string of the molecule is O=P(O)(O)OCn1c[c-]cn1.[Na+]. The summed E-state index contributed by atoms with van der Waals surface area (Å²) in [6, 6.07) is 2.58. The predicted molar refractivity (Wildman–Crippen MR) is 34.2 cm³/mol. The average Bonchev–Trinajstić information content (AvgIpc) is 2.32. The van der Waals surface area contributed by atoms with Crippen molar-refractivity contribution in [1.82, 2.24) is 9.78 Å². The molecule has 0 aliphatic heterocycles. The molecule has 1 aromatic heterocycles. The van der Waals surface area contributed by atoms with E-state index in [0.29, 0.717) is 0 Å². The van der Waals surface area contributed by atoms with Gasteiger partial charge in [0, 0.05) is 0 Å². The zero-order valence-corrected chi connectivity index (χ0v) is 9.31. The number of aromatic nitrogens is 2. The molecule has 0 bridgehead atoms. The summed E-state index contributed by atoms with van der Waals surface area (Å²) in [7, 11) is -4.38. The monoisotopic (exact) mass is 200 g/mol. The van der Waals surface area contributed by atoms with Crippen molar-refractivity contribution < 1.29 is 48.4 Å². The molecule has 0 saturated heterocycles. The van der Waals surface area contributed by atoms with Crippen LogP contribution in [-0.2, 0) is 15.8 Å². The Labute approximate surface area is 91.1 Å². The van der Waals surface area contributed by atoms with Crippen LogP contribution in [-0.4, -0.2) is 19.6 Å². The van der Waals surface area contributed by atoms with E-state index >= 15 is 0 Å². The molecule has 8 heteroatoms. The second-order valence-corrected chi connectivity index (χ2v) is 2.97. The average molecular weight is 200 g/mol.